The van der Waals surface area contributed by atoms with E-state index in [4.69, 9.17) is 4.98 Å². The van der Waals surface area contributed by atoms with Gasteiger partial charge in [0.05, 0.1) is 18.0 Å². The smallest absolute Gasteiger partial charge is 0.135 e. The number of thiazole rings is 1. The normalized spacial score (nSPS) is 11.6. The van der Waals surface area contributed by atoms with Gasteiger partial charge in [-0.3, -0.25) is 0 Å². The van der Waals surface area contributed by atoms with E-state index in [0.29, 0.717) is 0 Å². The fourth-order valence-electron chi connectivity index (χ4n) is 2.31. The first-order valence-electron chi connectivity index (χ1n) is 7.02. The summed E-state index contributed by atoms with van der Waals surface area (Å²) < 4.78 is 3.68. The zero-order valence-corrected chi connectivity index (χ0v) is 17.2. The molecule has 0 saturated carbocycles. The standard InChI is InChI=1S/C15H15Br2NS3/c1-2-3-4-5-6-9-7-11(16)19-13(9)14-18-10-8-12(17)20-15(10)21-14/h7-8H,2-6H2,1H3. The number of fused-ring (bicyclic) bond motifs is 1. The number of hydrogen-bond acceptors (Lipinski definition) is 4. The third-order valence-electron chi connectivity index (χ3n) is 3.33. The highest BCUT2D eigenvalue weighted by molar-refractivity contribution is 9.11. The predicted molar refractivity (Wildman–Crippen MR) is 104 cm³/mol. The fraction of sp³-hybridized carbons (Fsp3) is 0.400. The van der Waals surface area contributed by atoms with Crippen molar-refractivity contribution >= 4 is 75.4 Å². The second-order valence-electron chi connectivity index (χ2n) is 4.96. The van der Waals surface area contributed by atoms with Crippen LogP contribution in [0.4, 0.5) is 0 Å². The molecule has 1 nitrogen and oxygen atoms in total. The largest absolute Gasteiger partial charge is 0.234 e. The molecule has 112 valence electrons. The number of aromatic nitrogens is 1. The van der Waals surface area contributed by atoms with Crippen LogP contribution in [0.1, 0.15) is 38.2 Å². The zero-order chi connectivity index (χ0) is 14.8. The van der Waals surface area contributed by atoms with Crippen LogP contribution < -0.4 is 0 Å². The van der Waals surface area contributed by atoms with Gasteiger partial charge in [0.1, 0.15) is 9.02 Å². The maximum Gasteiger partial charge on any atom is 0.135 e. The first kappa shape index (κ1) is 16.1. The molecule has 0 spiro atoms. The van der Waals surface area contributed by atoms with Gasteiger partial charge < -0.3 is 0 Å². The molecule has 0 aliphatic heterocycles. The molecule has 6 heteroatoms. The molecule has 0 atom stereocenters. The van der Waals surface area contributed by atoms with Crippen molar-refractivity contribution < 1.29 is 0 Å². The highest BCUT2D eigenvalue weighted by atomic mass is 79.9. The van der Waals surface area contributed by atoms with E-state index in [0.717, 1.165) is 15.7 Å². The van der Waals surface area contributed by atoms with Crippen molar-refractivity contribution in [1.29, 1.82) is 0 Å². The van der Waals surface area contributed by atoms with Crippen molar-refractivity contribution in [3.05, 3.63) is 25.3 Å². The van der Waals surface area contributed by atoms with Gasteiger partial charge in [0.25, 0.3) is 0 Å². The van der Waals surface area contributed by atoms with Crippen LogP contribution in [0, 0.1) is 0 Å². The van der Waals surface area contributed by atoms with Crippen LogP contribution in [0.3, 0.4) is 0 Å². The molecule has 0 amide bonds. The monoisotopic (exact) mass is 463 g/mol. The Kier molecular flexibility index (Phi) is 5.54. The lowest BCUT2D eigenvalue weighted by atomic mass is 10.1. The third-order valence-corrected chi connectivity index (χ3v) is 7.96. The quantitative estimate of drug-likeness (QED) is 0.340. The first-order valence-corrected chi connectivity index (χ1v) is 11.1. The van der Waals surface area contributed by atoms with Crippen molar-refractivity contribution in [3.63, 3.8) is 0 Å². The minimum atomic E-state index is 1.12. The number of halogens is 2. The SMILES string of the molecule is CCCCCCc1cc(Br)sc1-c1nc2cc(Br)sc2s1. The van der Waals surface area contributed by atoms with E-state index in [-0.39, 0.29) is 0 Å². The molecule has 0 aromatic carbocycles. The summed E-state index contributed by atoms with van der Waals surface area (Å²) in [5, 5.41) is 1.17. The molecule has 0 fully saturated rings. The Morgan fingerprint density at radius 1 is 1.00 bits per heavy atom. The molecule has 0 radical (unpaired) electrons. The molecule has 0 N–H and O–H groups in total. The van der Waals surface area contributed by atoms with E-state index in [9.17, 15) is 0 Å². The maximum atomic E-state index is 4.81. The van der Waals surface area contributed by atoms with Crippen LogP contribution in [0.5, 0.6) is 0 Å². The Morgan fingerprint density at radius 3 is 2.57 bits per heavy atom. The van der Waals surface area contributed by atoms with Crippen molar-refractivity contribution in [1.82, 2.24) is 4.98 Å². The van der Waals surface area contributed by atoms with Crippen LogP contribution in [0.25, 0.3) is 19.4 Å². The Balaban J connectivity index is 1.84. The molecule has 21 heavy (non-hydrogen) atoms. The average Bonchev–Trinajstić information content (AvgIpc) is 3.07. The average molecular weight is 465 g/mol. The number of thiophene rings is 2. The summed E-state index contributed by atoms with van der Waals surface area (Å²) >= 11 is 12.6. The van der Waals surface area contributed by atoms with Gasteiger partial charge in [0.15, 0.2) is 0 Å². The molecule has 0 saturated heterocycles. The van der Waals surface area contributed by atoms with Crippen LogP contribution in [0.15, 0.2) is 19.7 Å². The van der Waals surface area contributed by atoms with Gasteiger partial charge in [-0.25, -0.2) is 4.98 Å². The number of unbranched alkanes of at least 4 members (excludes halogenated alkanes) is 3. The van der Waals surface area contributed by atoms with Crippen LogP contribution in [0.2, 0.25) is 0 Å². The van der Waals surface area contributed by atoms with Crippen molar-refractivity contribution in [2.75, 3.05) is 0 Å². The summed E-state index contributed by atoms with van der Waals surface area (Å²) in [4.78, 5) is 6.16. The van der Waals surface area contributed by atoms with Crippen LogP contribution >= 0.6 is 65.9 Å². The Labute approximate surface area is 153 Å². The van der Waals surface area contributed by atoms with Crippen LogP contribution in [-0.2, 0) is 6.42 Å². The summed E-state index contributed by atoms with van der Waals surface area (Å²) in [7, 11) is 0. The van der Waals surface area contributed by atoms with Gasteiger partial charge >= 0.3 is 0 Å². The Bertz CT molecular complexity index is 710. The maximum absolute atomic E-state index is 4.81. The fourth-order valence-corrected chi connectivity index (χ4v) is 7.15. The molecular weight excluding hydrogens is 450 g/mol. The number of aryl methyl sites for hydroxylation is 1. The highest BCUT2D eigenvalue weighted by Gasteiger charge is 2.15. The van der Waals surface area contributed by atoms with Crippen molar-refractivity contribution in [2.24, 2.45) is 0 Å². The third kappa shape index (κ3) is 3.78. The molecule has 3 heterocycles. The van der Waals surface area contributed by atoms with E-state index in [1.165, 1.54) is 48.9 Å². The minimum Gasteiger partial charge on any atom is -0.234 e. The van der Waals surface area contributed by atoms with E-state index in [1.54, 1.807) is 11.3 Å². The lowest BCUT2D eigenvalue weighted by Gasteiger charge is -2.01. The van der Waals surface area contributed by atoms with Gasteiger partial charge in [-0.15, -0.1) is 34.0 Å². The number of hydrogen-bond donors (Lipinski definition) is 0. The predicted octanol–water partition coefficient (Wildman–Crippen LogP) is 7.73. The second-order valence-corrected chi connectivity index (χ2v) is 11.1. The lowest BCUT2D eigenvalue weighted by molar-refractivity contribution is 0.668. The second kappa shape index (κ2) is 7.21. The molecule has 3 rings (SSSR count). The van der Waals surface area contributed by atoms with E-state index in [2.05, 4.69) is 50.9 Å². The lowest BCUT2D eigenvalue weighted by Crippen LogP contribution is -1.86. The summed E-state index contributed by atoms with van der Waals surface area (Å²) in [6.07, 6.45) is 6.38. The molecular formula is C15H15Br2NS3. The Morgan fingerprint density at radius 2 is 1.81 bits per heavy atom. The summed E-state index contributed by atoms with van der Waals surface area (Å²) in [5.74, 6) is 0. The zero-order valence-electron chi connectivity index (χ0n) is 11.6. The van der Waals surface area contributed by atoms with Gasteiger partial charge in [-0.05, 0) is 62.4 Å². The Hall–Kier alpha value is 0.250. The summed E-state index contributed by atoms with van der Waals surface area (Å²) in [6.45, 7) is 2.26. The van der Waals surface area contributed by atoms with Gasteiger partial charge in [0.2, 0.25) is 0 Å². The van der Waals surface area contributed by atoms with Crippen molar-refractivity contribution in [3.8, 4) is 9.88 Å². The van der Waals surface area contributed by atoms with E-state index in [1.807, 2.05) is 22.7 Å². The van der Waals surface area contributed by atoms with Crippen molar-refractivity contribution in [2.45, 2.75) is 39.0 Å². The number of rotatable bonds is 6. The minimum absolute atomic E-state index is 1.12. The van der Waals surface area contributed by atoms with Crippen LogP contribution in [-0.4, -0.2) is 4.98 Å². The van der Waals surface area contributed by atoms with E-state index >= 15 is 0 Å². The molecule has 0 aliphatic carbocycles. The number of nitrogens with zero attached hydrogens (tertiary/aromatic N) is 1. The van der Waals surface area contributed by atoms with E-state index < -0.39 is 0 Å². The highest BCUT2D eigenvalue weighted by Crippen LogP contribution is 2.42. The molecule has 3 aromatic rings. The van der Waals surface area contributed by atoms with Gasteiger partial charge in [-0.2, -0.15) is 0 Å². The molecule has 3 aromatic heterocycles. The summed E-state index contributed by atoms with van der Waals surface area (Å²) in [5.41, 5.74) is 2.57. The molecule has 0 bridgehead atoms. The summed E-state index contributed by atoms with van der Waals surface area (Å²) in [6, 6.07) is 4.39. The first-order chi connectivity index (χ1) is 10.2. The van der Waals surface area contributed by atoms with Gasteiger partial charge in [-0.1, -0.05) is 26.2 Å². The topological polar surface area (TPSA) is 12.9 Å². The molecule has 0 unspecified atom stereocenters. The van der Waals surface area contributed by atoms with Gasteiger partial charge in [0, 0.05) is 0 Å². The molecule has 0 aliphatic rings.